The van der Waals surface area contributed by atoms with E-state index in [9.17, 15) is 9.59 Å². The highest BCUT2D eigenvalue weighted by Crippen LogP contribution is 2.21. The maximum absolute atomic E-state index is 11.8. The van der Waals surface area contributed by atoms with Gasteiger partial charge in [-0.05, 0) is 26.5 Å². The average Bonchev–Trinajstić information content (AvgIpc) is 2.46. The van der Waals surface area contributed by atoms with Crippen molar-refractivity contribution in [2.24, 2.45) is 0 Å². The molecule has 0 aliphatic heterocycles. The Kier molecular flexibility index (Phi) is 7.39. The smallest absolute Gasteiger partial charge is 0.413 e. The number of nitrogens with one attached hydrogen (secondary N) is 1. The van der Waals surface area contributed by atoms with E-state index in [0.717, 1.165) is 16.9 Å². The first-order chi connectivity index (χ1) is 10.5. The fraction of sp³-hybridized carbons (Fsp3) is 0.500. The van der Waals surface area contributed by atoms with Crippen molar-refractivity contribution in [3.05, 3.63) is 29.3 Å². The molecule has 0 aliphatic carbocycles. The Morgan fingerprint density at radius 1 is 1.27 bits per heavy atom. The van der Waals surface area contributed by atoms with Crippen molar-refractivity contribution in [3.63, 3.8) is 0 Å². The molecule has 0 saturated carbocycles. The molecule has 6 nitrogen and oxygen atoms in total. The third-order valence-corrected chi connectivity index (χ3v) is 3.16. The summed E-state index contributed by atoms with van der Waals surface area (Å²) in [6.07, 6.45) is -0.711. The van der Waals surface area contributed by atoms with Gasteiger partial charge in [-0.1, -0.05) is 24.6 Å². The van der Waals surface area contributed by atoms with E-state index in [-0.39, 0.29) is 19.1 Å². The van der Waals surface area contributed by atoms with Crippen molar-refractivity contribution in [2.75, 3.05) is 26.8 Å². The van der Waals surface area contributed by atoms with E-state index in [4.69, 9.17) is 4.74 Å². The molecule has 0 atom stereocenters. The van der Waals surface area contributed by atoms with Crippen LogP contribution in [0.2, 0.25) is 0 Å². The van der Waals surface area contributed by atoms with Crippen molar-refractivity contribution in [3.8, 4) is 5.75 Å². The van der Waals surface area contributed by atoms with Crippen LogP contribution < -0.4 is 10.1 Å². The number of methoxy groups -OCH3 is 1. The lowest BCUT2D eigenvalue weighted by Crippen LogP contribution is -2.40. The number of rotatable bonds is 7. The number of benzene rings is 1. The van der Waals surface area contributed by atoms with E-state index in [2.05, 4.69) is 10.1 Å². The molecule has 0 heterocycles. The number of alkyl carbamates (subject to hydrolysis) is 1. The predicted molar refractivity (Wildman–Crippen MR) is 83.8 cm³/mol. The summed E-state index contributed by atoms with van der Waals surface area (Å²) in [5.41, 5.74) is 2.14. The van der Waals surface area contributed by atoms with Gasteiger partial charge in [0.25, 0.3) is 0 Å². The summed E-state index contributed by atoms with van der Waals surface area (Å²) in [4.78, 5) is 25.0. The molecule has 1 N–H and O–H groups in total. The van der Waals surface area contributed by atoms with E-state index in [0.29, 0.717) is 13.1 Å². The Balaban J connectivity index is 2.67. The highest BCUT2D eigenvalue weighted by atomic mass is 16.5. The molecule has 0 saturated heterocycles. The molecule has 0 aromatic heterocycles. The minimum atomic E-state index is -0.711. The molecule has 0 spiro atoms. The Hall–Kier alpha value is -2.08. The fourth-order valence-electron chi connectivity index (χ4n) is 2.07. The number of amides is 2. The van der Waals surface area contributed by atoms with Crippen LogP contribution in [0.5, 0.6) is 5.75 Å². The van der Waals surface area contributed by atoms with Gasteiger partial charge in [0.05, 0.1) is 20.3 Å². The Labute approximate surface area is 131 Å². The second-order valence-electron chi connectivity index (χ2n) is 4.89. The maximum Gasteiger partial charge on any atom is 0.413 e. The zero-order valence-corrected chi connectivity index (χ0v) is 13.6. The van der Waals surface area contributed by atoms with Gasteiger partial charge in [0.1, 0.15) is 5.75 Å². The summed E-state index contributed by atoms with van der Waals surface area (Å²) in [5, 5.41) is 2.20. The maximum atomic E-state index is 11.8. The van der Waals surface area contributed by atoms with Gasteiger partial charge in [0.15, 0.2) is 0 Å². The molecule has 0 fully saturated rings. The number of hydrogen-bond acceptors (Lipinski definition) is 5. The zero-order chi connectivity index (χ0) is 16.5. The monoisotopic (exact) mass is 308 g/mol. The quantitative estimate of drug-likeness (QED) is 0.835. The first-order valence-corrected chi connectivity index (χ1v) is 7.32. The first kappa shape index (κ1) is 18.0. The van der Waals surface area contributed by atoms with E-state index in [1.54, 1.807) is 14.0 Å². The third kappa shape index (κ3) is 5.73. The predicted octanol–water partition coefficient (Wildman–Crippen LogP) is 2.10. The summed E-state index contributed by atoms with van der Waals surface area (Å²) in [7, 11) is 1.62. The number of carbonyl (C=O) groups is 2. The Morgan fingerprint density at radius 2 is 2.00 bits per heavy atom. The molecule has 1 aromatic rings. The normalized spacial score (nSPS) is 10.4. The van der Waals surface area contributed by atoms with Gasteiger partial charge in [0, 0.05) is 12.1 Å². The molecule has 0 bridgehead atoms. The van der Waals surface area contributed by atoms with E-state index < -0.39 is 6.09 Å². The van der Waals surface area contributed by atoms with Crippen LogP contribution in [-0.2, 0) is 16.1 Å². The van der Waals surface area contributed by atoms with Crippen LogP contribution in [0, 0.1) is 6.92 Å². The van der Waals surface area contributed by atoms with E-state index in [1.165, 1.54) is 0 Å². The fourth-order valence-corrected chi connectivity index (χ4v) is 2.07. The second-order valence-corrected chi connectivity index (χ2v) is 4.89. The molecule has 6 heteroatoms. The topological polar surface area (TPSA) is 67.9 Å². The highest BCUT2D eigenvalue weighted by molar-refractivity contribution is 5.92. The van der Waals surface area contributed by atoms with Crippen molar-refractivity contribution < 1.29 is 19.1 Å². The van der Waals surface area contributed by atoms with Crippen LogP contribution in [0.25, 0.3) is 0 Å². The van der Waals surface area contributed by atoms with Gasteiger partial charge < -0.3 is 9.47 Å². The Bertz CT molecular complexity index is 517. The zero-order valence-electron chi connectivity index (χ0n) is 13.6. The van der Waals surface area contributed by atoms with Crippen LogP contribution in [-0.4, -0.2) is 43.7 Å². The van der Waals surface area contributed by atoms with Gasteiger partial charge in [-0.2, -0.15) is 0 Å². The number of likely N-dealkylation sites (N-methyl/N-ethyl adjacent to an activating group) is 1. The summed E-state index contributed by atoms with van der Waals surface area (Å²) in [5.74, 6) is 0.404. The number of carbonyl (C=O) groups excluding carboxylic acids is 2. The number of aryl methyl sites for hydroxylation is 1. The van der Waals surface area contributed by atoms with Gasteiger partial charge in [-0.25, -0.2) is 4.79 Å². The second kappa shape index (κ2) is 9.04. The molecule has 2 amide bonds. The van der Waals surface area contributed by atoms with Crippen LogP contribution in [0.4, 0.5) is 4.79 Å². The molecule has 1 rings (SSSR count). The number of imide groups is 1. The molecule has 1 aromatic carbocycles. The summed E-state index contributed by atoms with van der Waals surface area (Å²) in [6, 6.07) is 5.92. The molecule has 0 unspecified atom stereocenters. The average molecular weight is 308 g/mol. The number of hydrogen-bond donors (Lipinski definition) is 1. The lowest BCUT2D eigenvalue weighted by atomic mass is 10.1. The molecule has 22 heavy (non-hydrogen) atoms. The lowest BCUT2D eigenvalue weighted by molar-refractivity contribution is -0.121. The molecule has 0 aliphatic rings. The third-order valence-electron chi connectivity index (χ3n) is 3.16. The van der Waals surface area contributed by atoms with Crippen LogP contribution in [0.15, 0.2) is 18.2 Å². The number of ether oxygens (including phenoxy) is 2. The van der Waals surface area contributed by atoms with Gasteiger partial charge >= 0.3 is 6.09 Å². The minimum Gasteiger partial charge on any atom is -0.496 e. The molecule has 0 radical (unpaired) electrons. The SMILES string of the molecule is CCOC(=O)NC(=O)CN(CC)Cc1cc(C)ccc1OC. The minimum absolute atomic E-state index is 0.117. The summed E-state index contributed by atoms with van der Waals surface area (Å²) in [6.45, 7) is 7.24. The molecular weight excluding hydrogens is 284 g/mol. The van der Waals surface area contributed by atoms with Crippen molar-refractivity contribution >= 4 is 12.0 Å². The van der Waals surface area contributed by atoms with Crippen LogP contribution in [0.3, 0.4) is 0 Å². The van der Waals surface area contributed by atoms with Crippen LogP contribution >= 0.6 is 0 Å². The standard InChI is InChI=1S/C16H24N2O4/c1-5-18(11-15(19)17-16(20)22-6-2)10-13-9-12(3)7-8-14(13)21-4/h7-9H,5-6,10-11H2,1-4H3,(H,17,19,20). The summed E-state index contributed by atoms with van der Waals surface area (Å²) < 4.78 is 10.0. The summed E-state index contributed by atoms with van der Waals surface area (Å²) >= 11 is 0. The lowest BCUT2D eigenvalue weighted by Gasteiger charge is -2.21. The van der Waals surface area contributed by atoms with Gasteiger partial charge in [-0.15, -0.1) is 0 Å². The highest BCUT2D eigenvalue weighted by Gasteiger charge is 2.14. The van der Waals surface area contributed by atoms with E-state index in [1.807, 2.05) is 36.9 Å². The van der Waals surface area contributed by atoms with Crippen molar-refractivity contribution in [1.82, 2.24) is 10.2 Å². The van der Waals surface area contributed by atoms with Gasteiger partial charge in [0.2, 0.25) is 5.91 Å². The van der Waals surface area contributed by atoms with Gasteiger partial charge in [-0.3, -0.25) is 15.0 Å². The van der Waals surface area contributed by atoms with Crippen LogP contribution in [0.1, 0.15) is 25.0 Å². The Morgan fingerprint density at radius 3 is 2.59 bits per heavy atom. The first-order valence-electron chi connectivity index (χ1n) is 7.32. The molecular formula is C16H24N2O4. The molecule has 122 valence electrons. The van der Waals surface area contributed by atoms with E-state index >= 15 is 0 Å². The largest absolute Gasteiger partial charge is 0.496 e. The number of nitrogens with zero attached hydrogens (tertiary/aromatic N) is 1. The van der Waals surface area contributed by atoms with Crippen molar-refractivity contribution in [1.29, 1.82) is 0 Å². The van der Waals surface area contributed by atoms with Crippen molar-refractivity contribution in [2.45, 2.75) is 27.3 Å².